The van der Waals surface area contributed by atoms with Crippen molar-refractivity contribution in [3.63, 3.8) is 0 Å². The van der Waals surface area contributed by atoms with Crippen molar-refractivity contribution in [3.05, 3.63) is 218 Å². The van der Waals surface area contributed by atoms with E-state index in [-0.39, 0.29) is 95.5 Å². The van der Waals surface area contributed by atoms with Crippen molar-refractivity contribution in [2.45, 2.75) is 39.5 Å². The van der Waals surface area contributed by atoms with Gasteiger partial charge in [-0.3, -0.25) is 24.3 Å². The molecule has 52 heavy (non-hydrogen) atoms. The Morgan fingerprint density at radius 3 is 0.827 bits per heavy atom. The van der Waals surface area contributed by atoms with Gasteiger partial charge in [0.1, 0.15) is 19.0 Å². The third-order valence-electron chi connectivity index (χ3n) is 6.77. The summed E-state index contributed by atoms with van der Waals surface area (Å²) < 4.78 is 0. The zero-order valence-corrected chi connectivity index (χ0v) is 41.1. The summed E-state index contributed by atoms with van der Waals surface area (Å²) >= 11 is 0. The molecule has 0 amide bonds. The van der Waals surface area contributed by atoms with E-state index in [0.29, 0.717) is 0 Å². The fourth-order valence-electron chi connectivity index (χ4n) is 4.29. The van der Waals surface area contributed by atoms with Gasteiger partial charge in [0.15, 0.2) is 0 Å². The predicted octanol–water partition coefficient (Wildman–Crippen LogP) is 2.15. The number of rotatable bonds is 4. The molecular weight excluding hydrogens is 1040 g/mol. The molecule has 4 aliphatic carbocycles. The van der Waals surface area contributed by atoms with E-state index in [1.165, 1.54) is 31.9 Å². The van der Waals surface area contributed by atoms with E-state index >= 15 is 0 Å². The van der Waals surface area contributed by atoms with Gasteiger partial charge in [-0.25, -0.2) is 47.6 Å². The molecule has 8 rings (SSSR count). The molecule has 2 radical (unpaired) electrons. The number of hydrogen-bond donors (Lipinski definition) is 0. The Balaban J connectivity index is 0. The number of allylic oxidation sites excluding steroid dienone is 16. The molecule has 0 nitrogen and oxygen atoms in total. The molecule has 0 saturated heterocycles. The van der Waals surface area contributed by atoms with Crippen LogP contribution in [0.5, 0.6) is 0 Å². The molecule has 0 bridgehead atoms. The molecule has 0 aromatic heterocycles. The maximum absolute atomic E-state index is 3.12. The fraction of sp³-hybridized carbons (Fsp3) is 0.130. The van der Waals surface area contributed by atoms with Crippen molar-refractivity contribution in [1.29, 1.82) is 0 Å². The van der Waals surface area contributed by atoms with Crippen LogP contribution in [0.1, 0.15) is 39.5 Å². The second-order valence-electron chi connectivity index (χ2n) is 10.9. The van der Waals surface area contributed by atoms with E-state index in [1.54, 1.807) is 0 Å². The minimum absolute atomic E-state index is 0. The van der Waals surface area contributed by atoms with E-state index in [9.17, 15) is 0 Å². The smallest absolute Gasteiger partial charge is 0.103 e. The molecule has 0 unspecified atom stereocenters. The first-order valence-electron chi connectivity index (χ1n) is 16.5. The van der Waals surface area contributed by atoms with E-state index < -0.39 is 0 Å². The standard InChI is InChI=1S/2C12H11Si.2C6H7.2C5H5.2ClH.2Hf/c2*1-3-7-11(8-4-1)13-12-9-5-2-6-10-12;2*1-6-4-2-3-5-6;2*1-2-4-5-3-1;;;;/h2*1-10,13H;2*2,4H,3H2,1H3;2*1-3H,4H2;2*1H;;/q;;4*-1;;;;/p-2. The van der Waals surface area contributed by atoms with Gasteiger partial charge in [0.05, 0.1) is 0 Å². The predicted molar refractivity (Wildman–Crippen MR) is 214 cm³/mol. The van der Waals surface area contributed by atoms with Crippen LogP contribution in [0.3, 0.4) is 0 Å². The van der Waals surface area contributed by atoms with Crippen LogP contribution in [0.2, 0.25) is 0 Å². The second-order valence-corrected chi connectivity index (χ2v) is 14.1. The van der Waals surface area contributed by atoms with E-state index in [1.807, 2.05) is 24.3 Å². The second kappa shape index (κ2) is 35.6. The fourth-order valence-corrected chi connectivity index (χ4v) is 6.72. The van der Waals surface area contributed by atoms with E-state index in [4.69, 9.17) is 0 Å². The van der Waals surface area contributed by atoms with Gasteiger partial charge in [0.2, 0.25) is 0 Å². The Kier molecular flexibility index (Phi) is 35.3. The first-order valence-corrected chi connectivity index (χ1v) is 18.8. The molecule has 0 N–H and O–H groups in total. The van der Waals surface area contributed by atoms with Crippen LogP contribution in [-0.2, 0) is 51.7 Å². The maximum Gasteiger partial charge on any atom is 0.103 e. The molecule has 0 saturated carbocycles. The summed E-state index contributed by atoms with van der Waals surface area (Å²) in [4.78, 5) is 0. The molecule has 4 aromatic rings. The van der Waals surface area contributed by atoms with Crippen molar-refractivity contribution in [3.8, 4) is 0 Å². The summed E-state index contributed by atoms with van der Waals surface area (Å²) in [7, 11) is 0.543. The summed E-state index contributed by atoms with van der Waals surface area (Å²) in [5.41, 5.74) is 2.55. The van der Waals surface area contributed by atoms with Gasteiger partial charge >= 0.3 is 0 Å². The molecule has 0 spiro atoms. The quantitative estimate of drug-likeness (QED) is 0.218. The van der Waals surface area contributed by atoms with E-state index in [2.05, 4.69) is 196 Å². The van der Waals surface area contributed by atoms with Crippen molar-refractivity contribution >= 4 is 39.8 Å². The van der Waals surface area contributed by atoms with Crippen molar-refractivity contribution in [2.24, 2.45) is 0 Å². The van der Waals surface area contributed by atoms with Crippen LogP contribution < -0.4 is 45.6 Å². The largest absolute Gasteiger partial charge is 1.00 e. The number of hydrogen-bond acceptors (Lipinski definition) is 0. The van der Waals surface area contributed by atoms with Crippen LogP contribution in [-0.4, -0.2) is 19.0 Å². The minimum Gasteiger partial charge on any atom is -1.00 e. The summed E-state index contributed by atoms with van der Waals surface area (Å²) in [6.07, 6.45) is 36.7. The molecule has 0 heterocycles. The first-order chi connectivity index (χ1) is 23.7. The zero-order valence-electron chi connectivity index (χ0n) is 30.1. The monoisotopic (exact) mass is 1080 g/mol. The van der Waals surface area contributed by atoms with Crippen LogP contribution in [0.15, 0.2) is 193 Å². The van der Waals surface area contributed by atoms with Crippen LogP contribution >= 0.6 is 0 Å². The summed E-state index contributed by atoms with van der Waals surface area (Å²) in [6, 6.07) is 42.6. The SMILES string of the molecule is CC1=[C-]CC=C1.CC1=[C-]CC=C1.[C-]1=CC=CC1.[C-]1=CC=CC1.[Cl-].[Cl-].[Hf].[Hf].c1ccc([SiH]c2ccccc2)cc1.c1ccc([SiH]c2ccccc2)cc1. The average molecular weight is 1080 g/mol. The van der Waals surface area contributed by atoms with Crippen LogP contribution in [0.4, 0.5) is 0 Å². The summed E-state index contributed by atoms with van der Waals surface area (Å²) in [6.45, 7) is 4.12. The Bertz CT molecular complexity index is 1430. The van der Waals surface area contributed by atoms with Gasteiger partial charge in [-0.05, 0) is 0 Å². The van der Waals surface area contributed by atoms with Crippen molar-refractivity contribution < 1.29 is 76.5 Å². The summed E-state index contributed by atoms with van der Waals surface area (Å²) in [5, 5.41) is 5.81. The van der Waals surface area contributed by atoms with Gasteiger partial charge in [0, 0.05) is 51.7 Å². The number of halogens is 2. The topological polar surface area (TPSA) is 0 Å². The molecule has 0 fully saturated rings. The van der Waals surface area contributed by atoms with E-state index in [0.717, 1.165) is 25.7 Å². The summed E-state index contributed by atoms with van der Waals surface area (Å²) in [5.74, 6) is 0. The molecular formula is C46H46Cl2Hf2Si2-6. The molecule has 6 heteroatoms. The molecule has 4 aliphatic rings. The van der Waals surface area contributed by atoms with Gasteiger partial charge in [-0.1, -0.05) is 156 Å². The third kappa shape index (κ3) is 27.2. The average Bonchev–Trinajstić information content (AvgIpc) is 3.99. The van der Waals surface area contributed by atoms with Gasteiger partial charge in [-0.2, -0.15) is 24.3 Å². The zero-order chi connectivity index (χ0) is 33.7. The Labute approximate surface area is 369 Å². The molecule has 4 aromatic carbocycles. The van der Waals surface area contributed by atoms with Gasteiger partial charge in [0.25, 0.3) is 0 Å². The van der Waals surface area contributed by atoms with Crippen LogP contribution in [0, 0.1) is 24.3 Å². The Hall–Kier alpha value is -2.45. The van der Waals surface area contributed by atoms with Gasteiger partial charge in [-0.15, -0.1) is 25.7 Å². The Morgan fingerprint density at radius 1 is 0.404 bits per heavy atom. The van der Waals surface area contributed by atoms with Crippen molar-refractivity contribution in [1.82, 2.24) is 0 Å². The molecule has 0 atom stereocenters. The minimum atomic E-state index is 0. The van der Waals surface area contributed by atoms with Gasteiger partial charge < -0.3 is 24.8 Å². The van der Waals surface area contributed by atoms with Crippen LogP contribution in [0.25, 0.3) is 0 Å². The number of benzene rings is 4. The first kappa shape index (κ1) is 51.7. The molecule has 266 valence electrons. The third-order valence-corrected chi connectivity index (χ3v) is 9.64. The normalized spacial score (nSPS) is 12.6. The maximum atomic E-state index is 3.12. The Morgan fingerprint density at radius 2 is 0.692 bits per heavy atom. The molecule has 0 aliphatic heterocycles. The van der Waals surface area contributed by atoms with Crippen molar-refractivity contribution in [2.75, 3.05) is 0 Å².